The van der Waals surface area contributed by atoms with Crippen LogP contribution in [0.4, 0.5) is 0 Å². The summed E-state index contributed by atoms with van der Waals surface area (Å²) in [7, 11) is 2.12. The van der Waals surface area contributed by atoms with Crippen LogP contribution in [0.3, 0.4) is 0 Å². The smallest absolute Gasteiger partial charge is 0.0271 e. The van der Waals surface area contributed by atoms with Gasteiger partial charge in [-0.15, -0.1) is 0 Å². The minimum atomic E-state index is 0.351. The molecule has 4 heteroatoms. The predicted molar refractivity (Wildman–Crippen MR) is 67.0 cm³/mol. The van der Waals surface area contributed by atoms with Crippen LogP contribution in [0.1, 0.15) is 26.2 Å². The van der Waals surface area contributed by atoms with E-state index in [1.165, 1.54) is 32.4 Å². The first-order chi connectivity index (χ1) is 7.70. The number of hydrogen-bond acceptors (Lipinski definition) is 4. The van der Waals surface area contributed by atoms with Crippen molar-refractivity contribution in [2.45, 2.75) is 38.3 Å². The molecule has 3 atom stereocenters. The summed E-state index contributed by atoms with van der Waals surface area (Å²) >= 11 is 0. The zero-order valence-corrected chi connectivity index (χ0v) is 10.7. The molecule has 0 amide bonds. The minimum Gasteiger partial charge on any atom is -0.326 e. The van der Waals surface area contributed by atoms with E-state index in [1.54, 1.807) is 0 Å². The zero-order chi connectivity index (χ0) is 11.5. The molecular weight excluding hydrogens is 200 g/mol. The Kier molecular flexibility index (Phi) is 4.19. The van der Waals surface area contributed by atoms with Crippen LogP contribution in [0.25, 0.3) is 0 Å². The van der Waals surface area contributed by atoms with Gasteiger partial charge in [0.1, 0.15) is 0 Å². The third-order valence-corrected chi connectivity index (χ3v) is 4.02. The van der Waals surface area contributed by atoms with E-state index in [4.69, 9.17) is 5.73 Å². The van der Waals surface area contributed by atoms with Crippen LogP contribution in [0.5, 0.6) is 0 Å². The Bertz CT molecular complexity index is 221. The lowest BCUT2D eigenvalue weighted by Crippen LogP contribution is -2.54. The summed E-state index contributed by atoms with van der Waals surface area (Å²) in [4.78, 5) is 2.51. The average Bonchev–Trinajstić information content (AvgIpc) is 2.65. The van der Waals surface area contributed by atoms with Crippen molar-refractivity contribution in [2.75, 3.05) is 33.2 Å². The summed E-state index contributed by atoms with van der Waals surface area (Å²) in [6, 6.07) is 0.966. The van der Waals surface area contributed by atoms with Gasteiger partial charge in [-0.2, -0.15) is 0 Å². The van der Waals surface area contributed by atoms with Crippen molar-refractivity contribution < 1.29 is 0 Å². The molecule has 0 spiro atoms. The second kappa shape index (κ2) is 5.45. The number of rotatable bonds is 3. The quantitative estimate of drug-likeness (QED) is 0.724. The van der Waals surface area contributed by atoms with Crippen molar-refractivity contribution in [1.29, 1.82) is 0 Å². The van der Waals surface area contributed by atoms with Gasteiger partial charge < -0.3 is 10.6 Å². The fourth-order valence-corrected chi connectivity index (χ4v) is 3.14. The van der Waals surface area contributed by atoms with Crippen molar-refractivity contribution in [3.8, 4) is 0 Å². The maximum absolute atomic E-state index is 6.32. The molecule has 0 aromatic rings. The van der Waals surface area contributed by atoms with E-state index in [-0.39, 0.29) is 0 Å². The Hall–Kier alpha value is -0.160. The van der Waals surface area contributed by atoms with E-state index in [2.05, 4.69) is 29.3 Å². The van der Waals surface area contributed by atoms with Gasteiger partial charge >= 0.3 is 0 Å². The van der Waals surface area contributed by atoms with E-state index < -0.39 is 0 Å². The second-order valence-electron chi connectivity index (χ2n) is 5.36. The Morgan fingerprint density at radius 2 is 2.12 bits per heavy atom. The molecular formula is C12H26N4. The van der Waals surface area contributed by atoms with Gasteiger partial charge in [-0.05, 0) is 38.3 Å². The largest absolute Gasteiger partial charge is 0.326 e. The lowest BCUT2D eigenvalue weighted by Gasteiger charge is -2.39. The van der Waals surface area contributed by atoms with Gasteiger partial charge in [0.05, 0.1) is 0 Å². The van der Waals surface area contributed by atoms with E-state index in [9.17, 15) is 0 Å². The predicted octanol–water partition coefficient (Wildman–Crippen LogP) is 0.254. The highest BCUT2D eigenvalue weighted by Crippen LogP contribution is 2.24. The monoisotopic (exact) mass is 226 g/mol. The van der Waals surface area contributed by atoms with Crippen molar-refractivity contribution >= 4 is 0 Å². The van der Waals surface area contributed by atoms with Crippen molar-refractivity contribution in [1.82, 2.24) is 15.3 Å². The molecule has 3 unspecified atom stereocenters. The number of nitrogens with zero attached hydrogens (tertiary/aromatic N) is 2. The molecule has 4 nitrogen and oxygen atoms in total. The van der Waals surface area contributed by atoms with E-state index in [0.717, 1.165) is 13.1 Å². The lowest BCUT2D eigenvalue weighted by molar-refractivity contribution is 0.128. The summed E-state index contributed by atoms with van der Waals surface area (Å²) < 4.78 is 0. The molecule has 94 valence electrons. The van der Waals surface area contributed by atoms with Gasteiger partial charge in [0.15, 0.2) is 0 Å². The Labute approximate surface area is 99.1 Å². The van der Waals surface area contributed by atoms with Gasteiger partial charge in [0.2, 0.25) is 0 Å². The molecule has 2 saturated heterocycles. The Balaban J connectivity index is 1.84. The maximum atomic E-state index is 6.32. The third kappa shape index (κ3) is 2.74. The minimum absolute atomic E-state index is 0.351. The molecule has 0 aliphatic carbocycles. The topological polar surface area (TPSA) is 44.5 Å². The van der Waals surface area contributed by atoms with Crippen LogP contribution >= 0.6 is 0 Å². The normalized spacial score (nSPS) is 38.1. The van der Waals surface area contributed by atoms with Crippen molar-refractivity contribution in [3.05, 3.63) is 0 Å². The zero-order valence-electron chi connectivity index (χ0n) is 10.7. The molecule has 16 heavy (non-hydrogen) atoms. The molecule has 3 N–H and O–H groups in total. The maximum Gasteiger partial charge on any atom is 0.0271 e. The van der Waals surface area contributed by atoms with Crippen molar-refractivity contribution in [2.24, 2.45) is 11.7 Å². The molecule has 0 aromatic carbocycles. The fraction of sp³-hybridized carbons (Fsp3) is 1.00. The molecule has 2 heterocycles. The number of hydrogen-bond donors (Lipinski definition) is 2. The van der Waals surface area contributed by atoms with Crippen LogP contribution in [-0.4, -0.2) is 55.2 Å². The first-order valence-electron chi connectivity index (χ1n) is 6.66. The van der Waals surface area contributed by atoms with E-state index in [0.29, 0.717) is 18.0 Å². The SMILES string of the molecule is CCCN1CCC(C2CCN(C)N2)C(N)C1. The van der Waals surface area contributed by atoms with Gasteiger partial charge in [0, 0.05) is 32.2 Å². The first kappa shape index (κ1) is 12.3. The van der Waals surface area contributed by atoms with Gasteiger partial charge in [0.25, 0.3) is 0 Å². The van der Waals surface area contributed by atoms with Gasteiger partial charge in [-0.3, -0.25) is 5.43 Å². The number of hydrazine groups is 1. The fourth-order valence-electron chi connectivity index (χ4n) is 3.14. The van der Waals surface area contributed by atoms with Crippen LogP contribution in [-0.2, 0) is 0 Å². The summed E-state index contributed by atoms with van der Waals surface area (Å²) in [6.45, 7) is 6.92. The molecule has 2 fully saturated rings. The molecule has 2 rings (SSSR count). The number of likely N-dealkylation sites (tertiary alicyclic amines) is 1. The highest BCUT2D eigenvalue weighted by Gasteiger charge is 2.34. The summed E-state index contributed by atoms with van der Waals surface area (Å²) in [5.74, 6) is 0.665. The van der Waals surface area contributed by atoms with Crippen LogP contribution < -0.4 is 11.2 Å². The molecule has 0 saturated carbocycles. The van der Waals surface area contributed by atoms with E-state index in [1.807, 2.05) is 0 Å². The van der Waals surface area contributed by atoms with Crippen LogP contribution in [0, 0.1) is 5.92 Å². The van der Waals surface area contributed by atoms with E-state index >= 15 is 0 Å². The Morgan fingerprint density at radius 3 is 2.69 bits per heavy atom. The summed E-state index contributed by atoms with van der Waals surface area (Å²) in [5, 5.41) is 2.20. The summed E-state index contributed by atoms with van der Waals surface area (Å²) in [5.41, 5.74) is 9.86. The molecule has 2 aliphatic rings. The van der Waals surface area contributed by atoms with Gasteiger partial charge in [-0.1, -0.05) is 6.92 Å². The average molecular weight is 226 g/mol. The molecule has 2 aliphatic heterocycles. The highest BCUT2D eigenvalue weighted by atomic mass is 15.5. The van der Waals surface area contributed by atoms with Crippen molar-refractivity contribution in [3.63, 3.8) is 0 Å². The molecule has 0 radical (unpaired) electrons. The first-order valence-corrected chi connectivity index (χ1v) is 6.66. The van der Waals surface area contributed by atoms with Crippen LogP contribution in [0.2, 0.25) is 0 Å². The number of nitrogens with one attached hydrogen (secondary N) is 1. The molecule has 0 bridgehead atoms. The standard InChI is InChI=1S/C12H26N4/c1-3-6-16-8-4-10(11(13)9-16)12-5-7-15(2)14-12/h10-12,14H,3-9,13H2,1-2H3. The summed E-state index contributed by atoms with van der Waals surface area (Å²) in [6.07, 6.45) is 3.75. The second-order valence-corrected chi connectivity index (χ2v) is 5.36. The van der Waals surface area contributed by atoms with Gasteiger partial charge in [-0.25, -0.2) is 5.01 Å². The highest BCUT2D eigenvalue weighted by molar-refractivity contribution is 4.92. The lowest BCUT2D eigenvalue weighted by atomic mass is 9.85. The Morgan fingerprint density at radius 1 is 1.31 bits per heavy atom. The number of nitrogens with two attached hydrogens (primary N) is 1. The molecule has 0 aromatic heterocycles. The van der Waals surface area contributed by atoms with Crippen LogP contribution in [0.15, 0.2) is 0 Å². The number of piperidine rings is 1. The third-order valence-electron chi connectivity index (χ3n) is 4.02.